The van der Waals surface area contributed by atoms with E-state index >= 15 is 0 Å². The van der Waals surface area contributed by atoms with Crippen molar-refractivity contribution >= 4 is 0 Å². The van der Waals surface area contributed by atoms with Crippen LogP contribution < -0.4 is 0 Å². The summed E-state index contributed by atoms with van der Waals surface area (Å²) in [5.74, 6) is 0. The summed E-state index contributed by atoms with van der Waals surface area (Å²) in [4.78, 5) is 0. The minimum absolute atomic E-state index is 0.581. The summed E-state index contributed by atoms with van der Waals surface area (Å²) in [6, 6.07) is 0. The fourth-order valence-corrected chi connectivity index (χ4v) is 2.74. The molecule has 24 heavy (non-hydrogen) atoms. The summed E-state index contributed by atoms with van der Waals surface area (Å²) >= 11 is 0. The Hall–Kier alpha value is -0.440. The van der Waals surface area contributed by atoms with Gasteiger partial charge in [-0.05, 0) is 0 Å². The maximum atomic E-state index is 10.2. The Labute approximate surface area is 137 Å². The summed E-state index contributed by atoms with van der Waals surface area (Å²) < 4.78 is 20.6. The summed E-state index contributed by atoms with van der Waals surface area (Å²) in [7, 11) is 1.24. The second kappa shape index (κ2) is 8.29. The van der Waals surface area contributed by atoms with Gasteiger partial charge in [0.1, 0.15) is 48.8 Å². The standard InChI is InChI=1S/C13H24O11/c1-21-12-10(20)11(7(17)5(3-15)22-12)24-13-9(19)8(18)6(16)4(2-14)23-13/h4-20H,2-3H2,1H3/t4-,5-,6-,7+,8+,9+,10+,11+,12+,13-/m1/s1. The zero-order valence-electron chi connectivity index (χ0n) is 13.0. The molecule has 0 spiro atoms. The number of methoxy groups -OCH3 is 1. The van der Waals surface area contributed by atoms with Crippen LogP contribution >= 0.6 is 0 Å². The molecule has 11 heteroatoms. The van der Waals surface area contributed by atoms with Crippen molar-refractivity contribution in [2.45, 2.75) is 61.4 Å². The summed E-state index contributed by atoms with van der Waals surface area (Å²) in [5.41, 5.74) is 0. The lowest BCUT2D eigenvalue weighted by Crippen LogP contribution is -2.64. The number of aliphatic hydroxyl groups is 7. The van der Waals surface area contributed by atoms with Crippen LogP contribution in [0.15, 0.2) is 0 Å². The normalized spacial score (nSPS) is 50.0. The maximum absolute atomic E-state index is 10.2. The molecule has 0 aromatic heterocycles. The Morgan fingerprint density at radius 3 is 1.79 bits per heavy atom. The van der Waals surface area contributed by atoms with E-state index in [1.54, 1.807) is 0 Å². The predicted molar refractivity (Wildman–Crippen MR) is 73.4 cm³/mol. The van der Waals surface area contributed by atoms with E-state index < -0.39 is 74.6 Å². The van der Waals surface area contributed by atoms with Gasteiger partial charge in [0.05, 0.1) is 13.2 Å². The Kier molecular flexibility index (Phi) is 6.87. The molecule has 2 heterocycles. The van der Waals surface area contributed by atoms with E-state index in [0.29, 0.717) is 0 Å². The van der Waals surface area contributed by atoms with Gasteiger partial charge in [-0.3, -0.25) is 0 Å². The number of rotatable bonds is 5. The van der Waals surface area contributed by atoms with Crippen molar-refractivity contribution in [1.82, 2.24) is 0 Å². The zero-order chi connectivity index (χ0) is 18.0. The SMILES string of the molecule is CO[C@H]1O[C@H](CO)[C@H](O)[C@H](O[C@H]2O[C@H](CO)[C@@H](O)[C@H](O)[C@@H]2O)[C@@H]1O. The quantitative estimate of drug-likeness (QED) is 0.251. The molecule has 142 valence electrons. The van der Waals surface area contributed by atoms with Crippen LogP contribution in [0.4, 0.5) is 0 Å². The summed E-state index contributed by atoms with van der Waals surface area (Å²) in [5, 5.41) is 68.1. The van der Waals surface area contributed by atoms with Crippen LogP contribution in [-0.2, 0) is 18.9 Å². The zero-order valence-corrected chi connectivity index (χ0v) is 13.0. The first kappa shape index (κ1) is 19.9. The Bertz CT molecular complexity index is 378. The average molecular weight is 356 g/mol. The molecule has 0 radical (unpaired) electrons. The van der Waals surface area contributed by atoms with Crippen LogP contribution in [-0.4, -0.2) is 117 Å². The fraction of sp³-hybridized carbons (Fsp3) is 1.00. The van der Waals surface area contributed by atoms with Gasteiger partial charge in [-0.1, -0.05) is 0 Å². The van der Waals surface area contributed by atoms with Gasteiger partial charge in [-0.15, -0.1) is 0 Å². The highest BCUT2D eigenvalue weighted by atomic mass is 16.7. The molecule has 0 saturated carbocycles. The van der Waals surface area contributed by atoms with Gasteiger partial charge in [0.15, 0.2) is 12.6 Å². The van der Waals surface area contributed by atoms with Crippen LogP contribution in [0, 0.1) is 0 Å². The molecule has 7 N–H and O–H groups in total. The predicted octanol–water partition coefficient (Wildman–Crippen LogP) is -4.74. The lowest BCUT2D eigenvalue weighted by atomic mass is 9.97. The molecule has 2 saturated heterocycles. The average Bonchev–Trinajstić information content (AvgIpc) is 2.58. The summed E-state index contributed by atoms with van der Waals surface area (Å²) in [6.45, 7) is -1.23. The van der Waals surface area contributed by atoms with Gasteiger partial charge in [-0.25, -0.2) is 0 Å². The third-order valence-corrected chi connectivity index (χ3v) is 4.19. The van der Waals surface area contributed by atoms with E-state index in [-0.39, 0.29) is 0 Å². The van der Waals surface area contributed by atoms with Gasteiger partial charge in [0, 0.05) is 7.11 Å². The molecule has 2 fully saturated rings. The highest BCUT2D eigenvalue weighted by Crippen LogP contribution is 2.29. The molecule has 0 aromatic carbocycles. The second-order valence-corrected chi connectivity index (χ2v) is 5.74. The Morgan fingerprint density at radius 2 is 1.25 bits per heavy atom. The Morgan fingerprint density at radius 1 is 0.708 bits per heavy atom. The van der Waals surface area contributed by atoms with Crippen molar-refractivity contribution in [3.8, 4) is 0 Å². The number of aliphatic hydroxyl groups excluding tert-OH is 7. The van der Waals surface area contributed by atoms with Crippen LogP contribution in [0.1, 0.15) is 0 Å². The largest absolute Gasteiger partial charge is 0.394 e. The Balaban J connectivity index is 2.14. The van der Waals surface area contributed by atoms with Gasteiger partial charge in [0.2, 0.25) is 0 Å². The van der Waals surface area contributed by atoms with Crippen LogP contribution in [0.3, 0.4) is 0 Å². The first-order valence-corrected chi connectivity index (χ1v) is 7.46. The highest BCUT2D eigenvalue weighted by molar-refractivity contribution is 4.93. The van der Waals surface area contributed by atoms with E-state index in [1.807, 2.05) is 0 Å². The van der Waals surface area contributed by atoms with Crippen LogP contribution in [0.5, 0.6) is 0 Å². The molecule has 0 aromatic rings. The van der Waals surface area contributed by atoms with Gasteiger partial charge in [0.25, 0.3) is 0 Å². The van der Waals surface area contributed by atoms with Gasteiger partial charge in [-0.2, -0.15) is 0 Å². The minimum Gasteiger partial charge on any atom is -0.394 e. The molecule has 2 aliphatic heterocycles. The first-order valence-electron chi connectivity index (χ1n) is 7.46. The van der Waals surface area contributed by atoms with E-state index in [1.165, 1.54) is 7.11 Å². The molecule has 10 atom stereocenters. The van der Waals surface area contributed by atoms with Crippen molar-refractivity contribution in [3.05, 3.63) is 0 Å². The number of ether oxygens (including phenoxy) is 4. The smallest absolute Gasteiger partial charge is 0.187 e. The van der Waals surface area contributed by atoms with Crippen molar-refractivity contribution in [1.29, 1.82) is 0 Å². The molecule has 0 aliphatic carbocycles. The van der Waals surface area contributed by atoms with Crippen molar-refractivity contribution < 1.29 is 54.7 Å². The molecule has 0 bridgehead atoms. The van der Waals surface area contributed by atoms with E-state index in [0.717, 1.165) is 0 Å². The molecule has 0 amide bonds. The van der Waals surface area contributed by atoms with E-state index in [2.05, 4.69) is 0 Å². The summed E-state index contributed by atoms with van der Waals surface area (Å²) in [6.07, 6.45) is -14.4. The third kappa shape index (κ3) is 3.71. The van der Waals surface area contributed by atoms with Crippen molar-refractivity contribution in [2.24, 2.45) is 0 Å². The minimum atomic E-state index is -1.70. The van der Waals surface area contributed by atoms with Gasteiger partial charge >= 0.3 is 0 Å². The lowest BCUT2D eigenvalue weighted by molar-refractivity contribution is -0.358. The van der Waals surface area contributed by atoms with Gasteiger partial charge < -0.3 is 54.7 Å². The molecule has 2 rings (SSSR count). The van der Waals surface area contributed by atoms with Crippen LogP contribution in [0.2, 0.25) is 0 Å². The highest BCUT2D eigenvalue weighted by Gasteiger charge is 2.50. The van der Waals surface area contributed by atoms with Crippen molar-refractivity contribution in [2.75, 3.05) is 20.3 Å². The van der Waals surface area contributed by atoms with E-state index in [9.17, 15) is 30.6 Å². The van der Waals surface area contributed by atoms with Crippen molar-refractivity contribution in [3.63, 3.8) is 0 Å². The molecular weight excluding hydrogens is 332 g/mol. The number of hydrogen-bond donors (Lipinski definition) is 7. The maximum Gasteiger partial charge on any atom is 0.187 e. The monoisotopic (exact) mass is 356 g/mol. The first-order chi connectivity index (χ1) is 11.3. The molecule has 11 nitrogen and oxygen atoms in total. The third-order valence-electron chi connectivity index (χ3n) is 4.19. The number of hydrogen-bond acceptors (Lipinski definition) is 11. The van der Waals surface area contributed by atoms with Crippen LogP contribution in [0.25, 0.3) is 0 Å². The molecule has 2 aliphatic rings. The second-order valence-electron chi connectivity index (χ2n) is 5.74. The lowest BCUT2D eigenvalue weighted by Gasteiger charge is -2.45. The molecule has 0 unspecified atom stereocenters. The topological polar surface area (TPSA) is 179 Å². The van der Waals surface area contributed by atoms with E-state index in [4.69, 9.17) is 24.1 Å². The molecular formula is C13H24O11. The fourth-order valence-electron chi connectivity index (χ4n) is 2.74.